The summed E-state index contributed by atoms with van der Waals surface area (Å²) in [5, 5.41) is 2.66. The van der Waals surface area contributed by atoms with Gasteiger partial charge in [0.25, 0.3) is 0 Å². The first-order valence-electron chi connectivity index (χ1n) is 5.89. The molecule has 0 heterocycles. The molecule has 79 valence electrons. The fourth-order valence-electron chi connectivity index (χ4n) is 2.71. The molecule has 17 heavy (non-hydrogen) atoms. The van der Waals surface area contributed by atoms with Crippen LogP contribution in [-0.2, 0) is 0 Å². The van der Waals surface area contributed by atoms with E-state index in [1.807, 2.05) is 0 Å². The molecule has 0 fully saturated rings. The highest BCUT2D eigenvalue weighted by molar-refractivity contribution is 5.97. The standard InChI is InChI=1S/C17H11/c1-3-7-14-12(5-1)9-10-16-15-8-4-2-6-13(15)11-17(14)16/h1-11H. The van der Waals surface area contributed by atoms with Crippen LogP contribution in [0, 0.1) is 6.42 Å². The van der Waals surface area contributed by atoms with E-state index in [1.54, 1.807) is 0 Å². The lowest BCUT2D eigenvalue weighted by molar-refractivity contribution is 1.57. The van der Waals surface area contributed by atoms with E-state index in [4.69, 9.17) is 0 Å². The average Bonchev–Trinajstić information content (AvgIpc) is 2.78. The molecular weight excluding hydrogens is 204 g/mol. The highest BCUT2D eigenvalue weighted by atomic mass is 14.2. The van der Waals surface area contributed by atoms with Crippen molar-refractivity contribution in [2.75, 3.05) is 0 Å². The summed E-state index contributed by atoms with van der Waals surface area (Å²) in [7, 11) is 0. The van der Waals surface area contributed by atoms with Crippen LogP contribution in [0.3, 0.4) is 0 Å². The van der Waals surface area contributed by atoms with Gasteiger partial charge in [-0.2, -0.15) is 0 Å². The van der Waals surface area contributed by atoms with Gasteiger partial charge in [-0.05, 0) is 33.0 Å². The van der Waals surface area contributed by atoms with Crippen molar-refractivity contribution in [3.63, 3.8) is 0 Å². The second-order valence-electron chi connectivity index (χ2n) is 4.48. The Balaban J connectivity index is 2.11. The van der Waals surface area contributed by atoms with Gasteiger partial charge in [0.2, 0.25) is 0 Å². The van der Waals surface area contributed by atoms with E-state index in [9.17, 15) is 0 Å². The summed E-state index contributed by atoms with van der Waals surface area (Å²) in [6, 6.07) is 21.6. The van der Waals surface area contributed by atoms with E-state index in [0.717, 1.165) is 0 Å². The van der Waals surface area contributed by atoms with Gasteiger partial charge in [-0.3, -0.25) is 0 Å². The average molecular weight is 215 g/mol. The van der Waals surface area contributed by atoms with Crippen molar-refractivity contribution >= 4 is 10.8 Å². The quantitative estimate of drug-likeness (QED) is 0.407. The molecule has 4 rings (SSSR count). The SMILES string of the molecule is [CH]1c2ccccc2-c2ccc3ccccc3c21. The fourth-order valence-corrected chi connectivity index (χ4v) is 2.71. The van der Waals surface area contributed by atoms with Crippen LogP contribution in [0.2, 0.25) is 0 Å². The van der Waals surface area contributed by atoms with Gasteiger partial charge in [-0.1, -0.05) is 60.7 Å². The van der Waals surface area contributed by atoms with Gasteiger partial charge < -0.3 is 0 Å². The highest BCUT2D eigenvalue weighted by Gasteiger charge is 2.19. The maximum atomic E-state index is 2.30. The van der Waals surface area contributed by atoms with Crippen LogP contribution in [-0.4, -0.2) is 0 Å². The monoisotopic (exact) mass is 215 g/mol. The Labute approximate surface area is 101 Å². The number of fused-ring (bicyclic) bond motifs is 5. The molecule has 0 amide bonds. The number of rotatable bonds is 0. The normalized spacial score (nSPS) is 12.5. The summed E-state index contributed by atoms with van der Waals surface area (Å²) < 4.78 is 0. The van der Waals surface area contributed by atoms with Crippen LogP contribution in [0.4, 0.5) is 0 Å². The van der Waals surface area contributed by atoms with Gasteiger partial charge in [-0.25, -0.2) is 0 Å². The third-order valence-corrected chi connectivity index (χ3v) is 3.52. The molecular formula is C17H11. The second-order valence-corrected chi connectivity index (χ2v) is 4.48. The van der Waals surface area contributed by atoms with Crippen molar-refractivity contribution in [3.8, 4) is 11.1 Å². The minimum atomic E-state index is 1.32. The van der Waals surface area contributed by atoms with Gasteiger partial charge in [0.1, 0.15) is 0 Å². The molecule has 3 aromatic rings. The lowest BCUT2D eigenvalue weighted by atomic mass is 9.99. The molecule has 0 saturated heterocycles. The van der Waals surface area contributed by atoms with Crippen LogP contribution in [0.1, 0.15) is 11.1 Å². The molecule has 3 aromatic carbocycles. The topological polar surface area (TPSA) is 0 Å². The van der Waals surface area contributed by atoms with Crippen LogP contribution < -0.4 is 0 Å². The Morgan fingerprint density at radius 3 is 2.41 bits per heavy atom. The zero-order chi connectivity index (χ0) is 11.2. The Hall–Kier alpha value is -2.08. The summed E-state index contributed by atoms with van der Waals surface area (Å²) in [5.74, 6) is 0. The van der Waals surface area contributed by atoms with Gasteiger partial charge in [0, 0.05) is 6.42 Å². The van der Waals surface area contributed by atoms with Crippen molar-refractivity contribution in [3.05, 3.63) is 78.2 Å². The Morgan fingerprint density at radius 1 is 0.588 bits per heavy atom. The van der Waals surface area contributed by atoms with E-state index < -0.39 is 0 Å². The van der Waals surface area contributed by atoms with Crippen LogP contribution in [0.25, 0.3) is 21.9 Å². The predicted octanol–water partition coefficient (Wildman–Crippen LogP) is 4.42. The number of benzene rings is 3. The Morgan fingerprint density at radius 2 is 1.41 bits per heavy atom. The lowest BCUT2D eigenvalue weighted by Crippen LogP contribution is -1.81. The van der Waals surface area contributed by atoms with Gasteiger partial charge in [-0.15, -0.1) is 0 Å². The third kappa shape index (κ3) is 1.18. The van der Waals surface area contributed by atoms with E-state index >= 15 is 0 Å². The van der Waals surface area contributed by atoms with Crippen molar-refractivity contribution in [2.24, 2.45) is 0 Å². The van der Waals surface area contributed by atoms with E-state index in [1.165, 1.54) is 33.0 Å². The molecule has 0 bridgehead atoms. The van der Waals surface area contributed by atoms with E-state index in [2.05, 4.69) is 67.1 Å². The van der Waals surface area contributed by atoms with Crippen molar-refractivity contribution in [2.45, 2.75) is 0 Å². The summed E-state index contributed by atoms with van der Waals surface area (Å²) in [6.45, 7) is 0. The van der Waals surface area contributed by atoms with Gasteiger partial charge >= 0.3 is 0 Å². The summed E-state index contributed by atoms with van der Waals surface area (Å²) in [6.07, 6.45) is 2.30. The molecule has 0 aliphatic heterocycles. The molecule has 0 aromatic heterocycles. The second kappa shape index (κ2) is 3.21. The number of hydrogen-bond acceptors (Lipinski definition) is 0. The molecule has 0 spiro atoms. The maximum absolute atomic E-state index is 2.30. The molecule has 0 nitrogen and oxygen atoms in total. The summed E-state index contributed by atoms with van der Waals surface area (Å²) in [5.41, 5.74) is 5.41. The van der Waals surface area contributed by atoms with Crippen molar-refractivity contribution in [1.82, 2.24) is 0 Å². The van der Waals surface area contributed by atoms with E-state index in [0.29, 0.717) is 0 Å². The minimum absolute atomic E-state index is 1.32. The van der Waals surface area contributed by atoms with Crippen LogP contribution >= 0.6 is 0 Å². The van der Waals surface area contributed by atoms with Crippen molar-refractivity contribution in [1.29, 1.82) is 0 Å². The Kier molecular flexibility index (Phi) is 1.70. The number of hydrogen-bond donors (Lipinski definition) is 0. The van der Waals surface area contributed by atoms with Gasteiger partial charge in [0.05, 0.1) is 0 Å². The first-order chi connectivity index (χ1) is 8.43. The molecule has 0 saturated carbocycles. The zero-order valence-electron chi connectivity index (χ0n) is 9.35. The fraction of sp³-hybridized carbons (Fsp3) is 0. The summed E-state index contributed by atoms with van der Waals surface area (Å²) in [4.78, 5) is 0. The van der Waals surface area contributed by atoms with Gasteiger partial charge in [0.15, 0.2) is 0 Å². The molecule has 0 atom stereocenters. The summed E-state index contributed by atoms with van der Waals surface area (Å²) >= 11 is 0. The van der Waals surface area contributed by atoms with Crippen LogP contribution in [0.5, 0.6) is 0 Å². The molecule has 0 N–H and O–H groups in total. The molecule has 1 radical (unpaired) electrons. The first kappa shape index (κ1) is 9.00. The maximum Gasteiger partial charge on any atom is 0.0218 e. The predicted molar refractivity (Wildman–Crippen MR) is 71.9 cm³/mol. The molecule has 0 heteroatoms. The lowest BCUT2D eigenvalue weighted by Gasteiger charge is -2.04. The zero-order valence-corrected chi connectivity index (χ0v) is 9.35. The minimum Gasteiger partial charge on any atom is -0.0619 e. The molecule has 1 aliphatic rings. The smallest absolute Gasteiger partial charge is 0.0218 e. The molecule has 0 unspecified atom stereocenters. The first-order valence-corrected chi connectivity index (χ1v) is 5.89. The Bertz CT molecular complexity index is 723. The van der Waals surface area contributed by atoms with E-state index in [-0.39, 0.29) is 0 Å². The largest absolute Gasteiger partial charge is 0.0619 e. The molecule has 1 aliphatic carbocycles. The van der Waals surface area contributed by atoms with Crippen molar-refractivity contribution < 1.29 is 0 Å². The third-order valence-electron chi connectivity index (χ3n) is 3.52. The highest BCUT2D eigenvalue weighted by Crippen LogP contribution is 2.41. The van der Waals surface area contributed by atoms with Crippen LogP contribution in [0.15, 0.2) is 60.7 Å².